The largest absolute Gasteiger partial charge is 0.324 e. The van der Waals surface area contributed by atoms with Crippen LogP contribution in [0.3, 0.4) is 0 Å². The van der Waals surface area contributed by atoms with Crippen LogP contribution in [0.25, 0.3) is 5.69 Å². The molecule has 0 saturated heterocycles. The van der Waals surface area contributed by atoms with Gasteiger partial charge in [-0.25, -0.2) is 13.9 Å². The third-order valence-corrected chi connectivity index (χ3v) is 2.97. The summed E-state index contributed by atoms with van der Waals surface area (Å²) in [6.07, 6.45) is 1.59. The third kappa shape index (κ3) is 3.12. The maximum Gasteiger partial charge on any atom is 0.324 e. The molecule has 5 nitrogen and oxygen atoms in total. The Morgan fingerprint density at radius 2 is 1.82 bits per heavy atom. The second-order valence-corrected chi connectivity index (χ2v) is 4.55. The first-order valence-corrected chi connectivity index (χ1v) is 6.65. The predicted octanol–water partition coefficient (Wildman–Crippen LogP) is 3.66. The molecule has 22 heavy (non-hydrogen) atoms. The normalized spacial score (nSPS) is 10.2. The molecule has 0 aliphatic rings. The summed E-state index contributed by atoms with van der Waals surface area (Å²) in [7, 11) is 0. The number of urea groups is 1. The van der Waals surface area contributed by atoms with Gasteiger partial charge in [0.05, 0.1) is 11.9 Å². The predicted molar refractivity (Wildman–Crippen MR) is 82.6 cm³/mol. The molecular weight excluding hydrogens is 283 g/mol. The smallest absolute Gasteiger partial charge is 0.308 e. The lowest BCUT2D eigenvalue weighted by Gasteiger charge is -2.10. The van der Waals surface area contributed by atoms with E-state index < -0.39 is 11.8 Å². The van der Waals surface area contributed by atoms with Crippen LogP contribution < -0.4 is 10.6 Å². The van der Waals surface area contributed by atoms with Crippen molar-refractivity contribution in [2.24, 2.45) is 0 Å². The van der Waals surface area contributed by atoms with Gasteiger partial charge in [-0.05, 0) is 30.3 Å². The zero-order valence-electron chi connectivity index (χ0n) is 11.5. The van der Waals surface area contributed by atoms with Gasteiger partial charge in [0.2, 0.25) is 0 Å². The van der Waals surface area contributed by atoms with E-state index in [-0.39, 0.29) is 0 Å². The zero-order chi connectivity index (χ0) is 15.4. The van der Waals surface area contributed by atoms with Crippen LogP contribution in [-0.2, 0) is 0 Å². The molecule has 2 aromatic carbocycles. The summed E-state index contributed by atoms with van der Waals surface area (Å²) in [5.41, 5.74) is 1.21. The molecule has 110 valence electrons. The Morgan fingerprint density at radius 3 is 2.59 bits per heavy atom. The van der Waals surface area contributed by atoms with Gasteiger partial charge in [-0.3, -0.25) is 5.32 Å². The number of hydrogen-bond acceptors (Lipinski definition) is 2. The number of nitrogens with zero attached hydrogens (tertiary/aromatic N) is 2. The molecule has 2 N–H and O–H groups in total. The van der Waals surface area contributed by atoms with Crippen LogP contribution in [-0.4, -0.2) is 15.8 Å². The first kappa shape index (κ1) is 13.8. The first-order chi connectivity index (χ1) is 10.7. The molecule has 3 aromatic rings. The Balaban J connectivity index is 1.74. The fraction of sp³-hybridized carbons (Fsp3) is 0. The number of halogens is 1. The second-order valence-electron chi connectivity index (χ2n) is 4.55. The number of amides is 2. The number of nitrogens with one attached hydrogen (secondary N) is 2. The van der Waals surface area contributed by atoms with Crippen molar-refractivity contribution in [3.05, 3.63) is 72.7 Å². The number of carbonyl (C=O) groups excluding carboxylic acids is 1. The van der Waals surface area contributed by atoms with Gasteiger partial charge in [-0.2, -0.15) is 5.10 Å². The van der Waals surface area contributed by atoms with Gasteiger partial charge >= 0.3 is 6.03 Å². The van der Waals surface area contributed by atoms with Crippen molar-refractivity contribution in [3.63, 3.8) is 0 Å². The highest BCUT2D eigenvalue weighted by Gasteiger charge is 2.09. The van der Waals surface area contributed by atoms with E-state index >= 15 is 0 Å². The van der Waals surface area contributed by atoms with Crippen molar-refractivity contribution in [2.75, 3.05) is 10.6 Å². The molecule has 1 heterocycles. The van der Waals surface area contributed by atoms with Crippen molar-refractivity contribution < 1.29 is 9.18 Å². The van der Waals surface area contributed by atoms with E-state index in [1.54, 1.807) is 23.0 Å². The van der Waals surface area contributed by atoms with Gasteiger partial charge < -0.3 is 5.32 Å². The number of para-hydroxylation sites is 1. The summed E-state index contributed by atoms with van der Waals surface area (Å²) in [5.74, 6) is 0.104. The molecule has 0 aliphatic carbocycles. The van der Waals surface area contributed by atoms with E-state index in [4.69, 9.17) is 0 Å². The Bertz CT molecular complexity index is 786. The van der Waals surface area contributed by atoms with Crippen LogP contribution >= 0.6 is 0 Å². The van der Waals surface area contributed by atoms with E-state index in [0.717, 1.165) is 5.69 Å². The van der Waals surface area contributed by atoms with Crippen molar-refractivity contribution in [1.82, 2.24) is 9.78 Å². The number of hydrogen-bond donors (Lipinski definition) is 2. The molecule has 0 atom stereocenters. The van der Waals surface area contributed by atoms with Crippen molar-refractivity contribution >= 4 is 17.5 Å². The van der Waals surface area contributed by atoms with Crippen LogP contribution in [0.15, 0.2) is 66.9 Å². The summed E-state index contributed by atoms with van der Waals surface area (Å²) in [6.45, 7) is 0. The molecule has 2 amide bonds. The lowest BCUT2D eigenvalue weighted by molar-refractivity contribution is 0.262. The molecule has 3 rings (SSSR count). The first-order valence-electron chi connectivity index (χ1n) is 6.65. The topological polar surface area (TPSA) is 59.0 Å². The van der Waals surface area contributed by atoms with Crippen molar-refractivity contribution in [2.45, 2.75) is 0 Å². The standard InChI is InChI=1S/C16H13FN4O/c17-12-5-4-6-13(11-12)19-16(22)20-15-9-10-18-21(15)14-7-2-1-3-8-14/h1-11H,(H2,19,20,22). The Hall–Kier alpha value is -3.15. The molecule has 0 bridgehead atoms. The number of anilines is 2. The SMILES string of the molecule is O=C(Nc1cccc(F)c1)Nc1ccnn1-c1ccccc1. The third-order valence-electron chi connectivity index (χ3n) is 2.97. The summed E-state index contributed by atoms with van der Waals surface area (Å²) in [5, 5.41) is 9.43. The molecule has 0 aliphatic heterocycles. The monoisotopic (exact) mass is 296 g/mol. The molecule has 6 heteroatoms. The number of benzene rings is 2. The number of aromatic nitrogens is 2. The maximum atomic E-state index is 13.1. The average molecular weight is 296 g/mol. The van der Waals surface area contributed by atoms with Crippen molar-refractivity contribution in [1.29, 1.82) is 0 Å². The lowest BCUT2D eigenvalue weighted by Crippen LogP contribution is -2.21. The quantitative estimate of drug-likeness (QED) is 0.775. The Labute approximate surface area is 126 Å². The van der Waals surface area contributed by atoms with E-state index in [0.29, 0.717) is 11.5 Å². The molecular formula is C16H13FN4O. The van der Waals surface area contributed by atoms with Crippen LogP contribution in [0.5, 0.6) is 0 Å². The summed E-state index contributed by atoms with van der Waals surface area (Å²) in [6, 6.07) is 16.3. The van der Waals surface area contributed by atoms with E-state index in [2.05, 4.69) is 15.7 Å². The minimum absolute atomic E-state index is 0.378. The maximum absolute atomic E-state index is 13.1. The van der Waals surface area contributed by atoms with Gasteiger partial charge in [0.1, 0.15) is 11.6 Å². The van der Waals surface area contributed by atoms with E-state index in [9.17, 15) is 9.18 Å². The molecule has 0 radical (unpaired) electrons. The van der Waals surface area contributed by atoms with Crippen molar-refractivity contribution in [3.8, 4) is 5.69 Å². The summed E-state index contributed by atoms with van der Waals surface area (Å²) < 4.78 is 14.7. The molecule has 0 unspecified atom stereocenters. The molecule has 0 fully saturated rings. The highest BCUT2D eigenvalue weighted by Crippen LogP contribution is 2.15. The Morgan fingerprint density at radius 1 is 1.00 bits per heavy atom. The molecule has 0 spiro atoms. The second kappa shape index (κ2) is 6.09. The van der Waals surface area contributed by atoms with Gasteiger partial charge in [0.25, 0.3) is 0 Å². The van der Waals surface area contributed by atoms with Gasteiger partial charge in [0, 0.05) is 11.8 Å². The van der Waals surface area contributed by atoms with Gasteiger partial charge in [-0.1, -0.05) is 24.3 Å². The zero-order valence-corrected chi connectivity index (χ0v) is 11.5. The minimum Gasteiger partial charge on any atom is -0.308 e. The summed E-state index contributed by atoms with van der Waals surface area (Å²) >= 11 is 0. The lowest BCUT2D eigenvalue weighted by atomic mass is 10.3. The highest BCUT2D eigenvalue weighted by atomic mass is 19.1. The van der Waals surface area contributed by atoms with Gasteiger partial charge in [0.15, 0.2) is 0 Å². The van der Waals surface area contributed by atoms with Crippen LogP contribution in [0.4, 0.5) is 20.7 Å². The average Bonchev–Trinajstić information content (AvgIpc) is 2.96. The molecule has 1 aromatic heterocycles. The fourth-order valence-electron chi connectivity index (χ4n) is 2.02. The summed E-state index contributed by atoms with van der Waals surface area (Å²) in [4.78, 5) is 12.0. The fourth-order valence-corrected chi connectivity index (χ4v) is 2.02. The Kier molecular flexibility index (Phi) is 3.82. The van der Waals surface area contributed by atoms with Crippen LogP contribution in [0.1, 0.15) is 0 Å². The van der Waals surface area contributed by atoms with E-state index in [1.165, 1.54) is 18.2 Å². The molecule has 0 saturated carbocycles. The van der Waals surface area contributed by atoms with E-state index in [1.807, 2.05) is 30.3 Å². The minimum atomic E-state index is -0.469. The highest BCUT2D eigenvalue weighted by molar-refractivity contribution is 5.99. The van der Waals surface area contributed by atoms with Crippen LogP contribution in [0, 0.1) is 5.82 Å². The number of rotatable bonds is 3. The van der Waals surface area contributed by atoms with Gasteiger partial charge in [-0.15, -0.1) is 0 Å². The van der Waals surface area contributed by atoms with Crippen LogP contribution in [0.2, 0.25) is 0 Å². The number of carbonyl (C=O) groups is 1.